The summed E-state index contributed by atoms with van der Waals surface area (Å²) in [6.07, 6.45) is -1.32. The highest BCUT2D eigenvalue weighted by molar-refractivity contribution is 5.94. The fraction of sp³-hybridized carbons (Fsp3) is 0.250. The van der Waals surface area contributed by atoms with Crippen LogP contribution in [0.15, 0.2) is 48.7 Å². The molecule has 2 N–H and O–H groups in total. The van der Waals surface area contributed by atoms with Gasteiger partial charge in [0.1, 0.15) is 0 Å². The second kappa shape index (κ2) is 8.19. The van der Waals surface area contributed by atoms with Crippen molar-refractivity contribution in [2.75, 3.05) is 13.2 Å². The van der Waals surface area contributed by atoms with E-state index in [9.17, 15) is 18.7 Å². The number of halogens is 2. The number of nitrogens with one attached hydrogen (secondary N) is 1. The zero-order valence-electron chi connectivity index (χ0n) is 12.2. The second-order valence-corrected chi connectivity index (χ2v) is 4.70. The summed E-state index contributed by atoms with van der Waals surface area (Å²) < 4.78 is 29.0. The minimum Gasteiger partial charge on any atom is -0.472 e. The molecule has 0 fully saturated rings. The molecular formula is C16H16F2N2O3. The van der Waals surface area contributed by atoms with Crippen LogP contribution < -0.4 is 10.1 Å². The number of hydrogen-bond donors (Lipinski definition) is 2. The van der Waals surface area contributed by atoms with E-state index in [4.69, 9.17) is 4.74 Å². The lowest BCUT2D eigenvalue weighted by atomic mass is 10.1. The van der Waals surface area contributed by atoms with Gasteiger partial charge in [0.25, 0.3) is 12.3 Å². The van der Waals surface area contributed by atoms with Crippen molar-refractivity contribution in [1.29, 1.82) is 0 Å². The summed E-state index contributed by atoms with van der Waals surface area (Å²) in [6, 6.07) is 11.1. The van der Waals surface area contributed by atoms with Crippen LogP contribution in [0.2, 0.25) is 0 Å². The van der Waals surface area contributed by atoms with Gasteiger partial charge in [0.05, 0.1) is 12.6 Å². The molecule has 7 heteroatoms. The fourth-order valence-electron chi connectivity index (χ4n) is 1.94. The number of amides is 1. The molecule has 0 aliphatic carbocycles. The third-order valence-corrected chi connectivity index (χ3v) is 3.04. The first-order valence-corrected chi connectivity index (χ1v) is 6.94. The van der Waals surface area contributed by atoms with Gasteiger partial charge in [0.2, 0.25) is 5.88 Å². The van der Waals surface area contributed by atoms with Crippen LogP contribution in [-0.4, -0.2) is 35.6 Å². The molecule has 122 valence electrons. The average molecular weight is 322 g/mol. The third-order valence-electron chi connectivity index (χ3n) is 3.04. The van der Waals surface area contributed by atoms with Crippen molar-refractivity contribution in [3.63, 3.8) is 0 Å². The van der Waals surface area contributed by atoms with E-state index in [1.807, 2.05) is 6.07 Å². The van der Waals surface area contributed by atoms with Crippen LogP contribution in [0.25, 0.3) is 0 Å². The summed E-state index contributed by atoms with van der Waals surface area (Å²) in [5, 5.41) is 12.1. The van der Waals surface area contributed by atoms with E-state index in [0.717, 1.165) is 5.56 Å². The number of hydrogen-bond acceptors (Lipinski definition) is 4. The Kier molecular flexibility index (Phi) is 5.99. The molecule has 1 aromatic heterocycles. The summed E-state index contributed by atoms with van der Waals surface area (Å²) in [6.45, 7) is -1.06. The van der Waals surface area contributed by atoms with E-state index in [1.54, 1.807) is 24.3 Å². The molecule has 5 nitrogen and oxygen atoms in total. The Labute approximate surface area is 131 Å². The molecule has 0 saturated carbocycles. The van der Waals surface area contributed by atoms with Crippen LogP contribution in [0.1, 0.15) is 22.0 Å². The maximum absolute atomic E-state index is 12.2. The fourth-order valence-corrected chi connectivity index (χ4v) is 1.94. The van der Waals surface area contributed by atoms with Gasteiger partial charge in [-0.25, -0.2) is 13.8 Å². The van der Waals surface area contributed by atoms with Crippen molar-refractivity contribution in [3.8, 4) is 5.88 Å². The molecule has 2 rings (SSSR count). The maximum atomic E-state index is 12.2. The molecule has 0 bridgehead atoms. The zero-order valence-corrected chi connectivity index (χ0v) is 12.2. The number of aliphatic hydroxyl groups excluding tert-OH is 1. The molecule has 1 aromatic carbocycles. The van der Waals surface area contributed by atoms with Crippen molar-refractivity contribution in [3.05, 3.63) is 59.8 Å². The molecular weight excluding hydrogens is 306 g/mol. The monoisotopic (exact) mass is 322 g/mol. The molecule has 0 aliphatic rings. The van der Waals surface area contributed by atoms with Gasteiger partial charge in [-0.3, -0.25) is 4.79 Å². The summed E-state index contributed by atoms with van der Waals surface area (Å²) in [4.78, 5) is 16.0. The Hall–Kier alpha value is -2.54. The topological polar surface area (TPSA) is 71.5 Å². The van der Waals surface area contributed by atoms with E-state index in [0.29, 0.717) is 0 Å². The van der Waals surface area contributed by atoms with Gasteiger partial charge < -0.3 is 15.2 Å². The first-order valence-electron chi connectivity index (χ1n) is 6.94. The number of rotatable bonds is 7. The average Bonchev–Trinajstić information content (AvgIpc) is 2.58. The van der Waals surface area contributed by atoms with E-state index in [1.165, 1.54) is 18.3 Å². The smallest absolute Gasteiger partial charge is 0.272 e. The number of aromatic nitrogens is 1. The van der Waals surface area contributed by atoms with E-state index < -0.39 is 25.0 Å². The minimum atomic E-state index is -2.62. The molecule has 0 spiro atoms. The zero-order chi connectivity index (χ0) is 16.7. The van der Waals surface area contributed by atoms with Crippen LogP contribution in [0.5, 0.6) is 5.88 Å². The molecule has 1 heterocycles. The number of ether oxygens (including phenoxy) is 1. The Balaban J connectivity index is 2.06. The lowest BCUT2D eigenvalue weighted by Gasteiger charge is -2.17. The Morgan fingerprint density at radius 2 is 2.00 bits per heavy atom. The molecule has 1 atom stereocenters. The SMILES string of the molecule is O=C(NC(CO)c1ccccc1)c1ccnc(OCC(F)F)c1. The largest absolute Gasteiger partial charge is 0.472 e. The van der Waals surface area contributed by atoms with Gasteiger partial charge in [-0.15, -0.1) is 0 Å². The number of alkyl halides is 2. The van der Waals surface area contributed by atoms with Crippen LogP contribution >= 0.6 is 0 Å². The van der Waals surface area contributed by atoms with Crippen molar-refractivity contribution in [2.45, 2.75) is 12.5 Å². The minimum absolute atomic E-state index is 0.0572. The molecule has 1 unspecified atom stereocenters. The van der Waals surface area contributed by atoms with Crippen LogP contribution in [0, 0.1) is 0 Å². The van der Waals surface area contributed by atoms with E-state index >= 15 is 0 Å². The number of carbonyl (C=O) groups is 1. The standard InChI is InChI=1S/C16H16F2N2O3/c17-14(18)10-23-15-8-12(6-7-19-15)16(22)20-13(9-21)11-4-2-1-3-5-11/h1-8,13-14,21H,9-10H2,(H,20,22). The van der Waals surface area contributed by atoms with Crippen LogP contribution in [-0.2, 0) is 0 Å². The van der Waals surface area contributed by atoms with Crippen molar-refractivity contribution >= 4 is 5.91 Å². The van der Waals surface area contributed by atoms with E-state index in [2.05, 4.69) is 10.3 Å². The Morgan fingerprint density at radius 3 is 2.65 bits per heavy atom. The number of benzene rings is 1. The van der Waals surface area contributed by atoms with Crippen LogP contribution in [0.4, 0.5) is 8.78 Å². The van der Waals surface area contributed by atoms with Gasteiger partial charge in [0, 0.05) is 17.8 Å². The molecule has 1 amide bonds. The maximum Gasteiger partial charge on any atom is 0.272 e. The summed E-state index contributed by atoms with van der Waals surface area (Å²) in [5.74, 6) is -0.518. The number of aliphatic hydroxyl groups is 1. The van der Waals surface area contributed by atoms with Gasteiger partial charge in [-0.1, -0.05) is 30.3 Å². The normalized spacial score (nSPS) is 12.0. The summed E-state index contributed by atoms with van der Waals surface area (Å²) in [7, 11) is 0. The first kappa shape index (κ1) is 16.8. The highest BCUT2D eigenvalue weighted by atomic mass is 19.3. The molecule has 0 aliphatic heterocycles. The number of pyridine rings is 1. The van der Waals surface area contributed by atoms with Gasteiger partial charge in [-0.05, 0) is 11.6 Å². The number of carbonyl (C=O) groups excluding carboxylic acids is 1. The van der Waals surface area contributed by atoms with Gasteiger partial charge in [0.15, 0.2) is 6.61 Å². The van der Waals surface area contributed by atoms with Crippen molar-refractivity contribution in [1.82, 2.24) is 10.3 Å². The number of nitrogens with zero attached hydrogens (tertiary/aromatic N) is 1. The molecule has 2 aromatic rings. The third kappa shape index (κ3) is 5.00. The molecule has 23 heavy (non-hydrogen) atoms. The van der Waals surface area contributed by atoms with Crippen molar-refractivity contribution < 1.29 is 23.4 Å². The highest BCUT2D eigenvalue weighted by Crippen LogP contribution is 2.15. The second-order valence-electron chi connectivity index (χ2n) is 4.70. The lowest BCUT2D eigenvalue weighted by Crippen LogP contribution is -2.30. The van der Waals surface area contributed by atoms with Crippen molar-refractivity contribution in [2.24, 2.45) is 0 Å². The summed E-state index contributed by atoms with van der Waals surface area (Å²) in [5.41, 5.74) is 0.963. The first-order chi connectivity index (χ1) is 11.1. The quantitative estimate of drug-likeness (QED) is 0.820. The molecule has 0 radical (unpaired) electrons. The highest BCUT2D eigenvalue weighted by Gasteiger charge is 2.15. The lowest BCUT2D eigenvalue weighted by molar-refractivity contribution is 0.0794. The predicted molar refractivity (Wildman–Crippen MR) is 79.5 cm³/mol. The summed E-state index contributed by atoms with van der Waals surface area (Å²) >= 11 is 0. The van der Waals surface area contributed by atoms with E-state index in [-0.39, 0.29) is 18.1 Å². The Morgan fingerprint density at radius 1 is 1.26 bits per heavy atom. The van der Waals surface area contributed by atoms with Crippen LogP contribution in [0.3, 0.4) is 0 Å². The van der Waals surface area contributed by atoms with Gasteiger partial charge >= 0.3 is 0 Å². The van der Waals surface area contributed by atoms with Gasteiger partial charge in [-0.2, -0.15) is 0 Å². The predicted octanol–water partition coefficient (Wildman–Crippen LogP) is 2.19. The molecule has 0 saturated heterocycles. The Bertz CT molecular complexity index is 638.